The Hall–Kier alpha value is -1.75. The Labute approximate surface area is 83.4 Å². The molecule has 2 rings (SSSR count). The first kappa shape index (κ1) is 8.83. The van der Waals surface area contributed by atoms with Crippen molar-refractivity contribution in [3.63, 3.8) is 0 Å². The maximum absolute atomic E-state index is 8.92. The Morgan fingerprint density at radius 2 is 2.14 bits per heavy atom. The molecule has 0 fully saturated rings. The average Bonchev–Trinajstić information content (AvgIpc) is 2.59. The van der Waals surface area contributed by atoms with E-state index in [4.69, 9.17) is 5.26 Å². The second-order valence-corrected chi connectivity index (χ2v) is 3.56. The van der Waals surface area contributed by atoms with Crippen LogP contribution in [0.1, 0.15) is 18.4 Å². The molecule has 1 aromatic carbocycles. The number of hydrogen-bond acceptors (Lipinski definition) is 1. The van der Waals surface area contributed by atoms with E-state index < -0.39 is 0 Å². The SMILES string of the molecule is CC(C#N)c1cccc2ccn(C)c12. The molecule has 1 heterocycles. The minimum Gasteiger partial charge on any atom is -0.350 e. The monoisotopic (exact) mass is 184 g/mol. The predicted molar refractivity (Wildman–Crippen MR) is 56.9 cm³/mol. The highest BCUT2D eigenvalue weighted by molar-refractivity contribution is 5.84. The number of nitrogens with zero attached hydrogens (tertiary/aromatic N) is 2. The van der Waals surface area contributed by atoms with Crippen LogP contribution >= 0.6 is 0 Å². The number of aryl methyl sites for hydroxylation is 1. The molecule has 0 amide bonds. The van der Waals surface area contributed by atoms with E-state index in [9.17, 15) is 0 Å². The van der Waals surface area contributed by atoms with Crippen LogP contribution in [0, 0.1) is 11.3 Å². The van der Waals surface area contributed by atoms with Crippen molar-refractivity contribution in [2.45, 2.75) is 12.8 Å². The molecule has 0 saturated carbocycles. The molecular formula is C12H12N2. The van der Waals surface area contributed by atoms with Gasteiger partial charge in [-0.1, -0.05) is 18.2 Å². The maximum Gasteiger partial charge on any atom is 0.0705 e. The smallest absolute Gasteiger partial charge is 0.0705 e. The Balaban J connectivity index is 2.76. The minimum absolute atomic E-state index is 0.0488. The molecule has 0 N–H and O–H groups in total. The highest BCUT2D eigenvalue weighted by atomic mass is 14.9. The fourth-order valence-corrected chi connectivity index (χ4v) is 1.81. The number of rotatable bonds is 1. The lowest BCUT2D eigenvalue weighted by Crippen LogP contribution is -1.95. The van der Waals surface area contributed by atoms with Crippen molar-refractivity contribution in [1.29, 1.82) is 5.26 Å². The summed E-state index contributed by atoms with van der Waals surface area (Å²) in [5, 5.41) is 10.1. The standard InChI is InChI=1S/C12H12N2/c1-9(8-13)11-5-3-4-10-6-7-14(2)12(10)11/h3-7,9H,1-2H3. The molecule has 2 nitrogen and oxygen atoms in total. The van der Waals surface area contributed by atoms with Crippen LogP contribution in [-0.4, -0.2) is 4.57 Å². The number of fused-ring (bicyclic) bond motifs is 1. The number of hydrogen-bond donors (Lipinski definition) is 0. The van der Waals surface area contributed by atoms with Gasteiger partial charge in [0.25, 0.3) is 0 Å². The lowest BCUT2D eigenvalue weighted by atomic mass is 10.0. The van der Waals surface area contributed by atoms with Crippen molar-refractivity contribution >= 4 is 10.9 Å². The summed E-state index contributed by atoms with van der Waals surface area (Å²) in [7, 11) is 2.01. The van der Waals surface area contributed by atoms with Gasteiger partial charge in [-0.05, 0) is 23.9 Å². The lowest BCUT2D eigenvalue weighted by molar-refractivity contribution is 0.929. The highest BCUT2D eigenvalue weighted by Gasteiger charge is 2.09. The van der Waals surface area contributed by atoms with E-state index in [1.165, 1.54) is 10.9 Å². The summed E-state index contributed by atoms with van der Waals surface area (Å²) in [6, 6.07) is 10.5. The van der Waals surface area contributed by atoms with Crippen LogP contribution in [-0.2, 0) is 7.05 Å². The molecule has 0 aliphatic carbocycles. The molecular weight excluding hydrogens is 172 g/mol. The molecule has 0 saturated heterocycles. The van der Waals surface area contributed by atoms with Crippen LogP contribution in [0.5, 0.6) is 0 Å². The van der Waals surface area contributed by atoms with Gasteiger partial charge in [-0.2, -0.15) is 5.26 Å². The zero-order valence-electron chi connectivity index (χ0n) is 8.36. The Kier molecular flexibility index (Phi) is 2.01. The fourth-order valence-electron chi connectivity index (χ4n) is 1.81. The largest absolute Gasteiger partial charge is 0.350 e. The van der Waals surface area contributed by atoms with Gasteiger partial charge in [-0.25, -0.2) is 0 Å². The van der Waals surface area contributed by atoms with Gasteiger partial charge in [0.2, 0.25) is 0 Å². The molecule has 0 spiro atoms. The average molecular weight is 184 g/mol. The van der Waals surface area contributed by atoms with Crippen LogP contribution < -0.4 is 0 Å². The van der Waals surface area contributed by atoms with Crippen LogP contribution in [0.25, 0.3) is 10.9 Å². The molecule has 2 aromatic rings. The van der Waals surface area contributed by atoms with E-state index in [2.05, 4.69) is 22.8 Å². The molecule has 14 heavy (non-hydrogen) atoms. The summed E-state index contributed by atoms with van der Waals surface area (Å²) < 4.78 is 2.07. The summed E-state index contributed by atoms with van der Waals surface area (Å²) >= 11 is 0. The molecule has 1 atom stereocenters. The third-order valence-corrected chi connectivity index (χ3v) is 2.59. The van der Waals surface area contributed by atoms with Gasteiger partial charge in [0, 0.05) is 13.2 Å². The Bertz CT molecular complexity index is 503. The van der Waals surface area contributed by atoms with Gasteiger partial charge in [0.05, 0.1) is 17.5 Å². The summed E-state index contributed by atoms with van der Waals surface area (Å²) in [5.41, 5.74) is 2.28. The second-order valence-electron chi connectivity index (χ2n) is 3.56. The van der Waals surface area contributed by atoms with Gasteiger partial charge >= 0.3 is 0 Å². The number of nitriles is 1. The summed E-state index contributed by atoms with van der Waals surface area (Å²) in [4.78, 5) is 0. The van der Waals surface area contributed by atoms with Crippen molar-refractivity contribution < 1.29 is 0 Å². The first-order valence-electron chi connectivity index (χ1n) is 4.67. The van der Waals surface area contributed by atoms with Crippen LogP contribution in [0.3, 0.4) is 0 Å². The molecule has 0 radical (unpaired) electrons. The van der Waals surface area contributed by atoms with E-state index in [0.717, 1.165) is 5.56 Å². The van der Waals surface area contributed by atoms with Crippen molar-refractivity contribution in [3.8, 4) is 6.07 Å². The van der Waals surface area contributed by atoms with E-state index in [0.29, 0.717) is 0 Å². The summed E-state index contributed by atoms with van der Waals surface area (Å²) in [6.07, 6.45) is 2.03. The molecule has 2 heteroatoms. The Morgan fingerprint density at radius 3 is 2.86 bits per heavy atom. The van der Waals surface area contributed by atoms with Crippen LogP contribution in [0.4, 0.5) is 0 Å². The highest BCUT2D eigenvalue weighted by Crippen LogP contribution is 2.25. The van der Waals surface area contributed by atoms with Gasteiger partial charge in [0.1, 0.15) is 0 Å². The number of benzene rings is 1. The molecule has 0 aliphatic rings. The van der Waals surface area contributed by atoms with Crippen molar-refractivity contribution in [1.82, 2.24) is 4.57 Å². The zero-order valence-corrected chi connectivity index (χ0v) is 8.36. The molecule has 0 bridgehead atoms. The van der Waals surface area contributed by atoms with Crippen molar-refractivity contribution in [3.05, 3.63) is 36.0 Å². The van der Waals surface area contributed by atoms with Crippen molar-refractivity contribution in [2.75, 3.05) is 0 Å². The predicted octanol–water partition coefficient (Wildman–Crippen LogP) is 2.81. The van der Waals surface area contributed by atoms with Gasteiger partial charge in [0.15, 0.2) is 0 Å². The third-order valence-electron chi connectivity index (χ3n) is 2.59. The van der Waals surface area contributed by atoms with Crippen LogP contribution in [0.2, 0.25) is 0 Å². The topological polar surface area (TPSA) is 28.7 Å². The normalized spacial score (nSPS) is 12.6. The zero-order chi connectivity index (χ0) is 10.1. The van der Waals surface area contributed by atoms with E-state index in [-0.39, 0.29) is 5.92 Å². The summed E-state index contributed by atoms with van der Waals surface area (Å²) in [6.45, 7) is 1.93. The van der Waals surface area contributed by atoms with E-state index >= 15 is 0 Å². The fraction of sp³-hybridized carbons (Fsp3) is 0.250. The minimum atomic E-state index is -0.0488. The van der Waals surface area contributed by atoms with Gasteiger partial charge in [-0.15, -0.1) is 0 Å². The first-order valence-corrected chi connectivity index (χ1v) is 4.67. The summed E-state index contributed by atoms with van der Waals surface area (Å²) in [5.74, 6) is -0.0488. The van der Waals surface area contributed by atoms with Crippen LogP contribution in [0.15, 0.2) is 30.5 Å². The molecule has 1 unspecified atom stereocenters. The molecule has 0 aliphatic heterocycles. The Morgan fingerprint density at radius 1 is 1.36 bits per heavy atom. The van der Waals surface area contributed by atoms with Crippen molar-refractivity contribution in [2.24, 2.45) is 7.05 Å². The van der Waals surface area contributed by atoms with Gasteiger partial charge < -0.3 is 4.57 Å². The quantitative estimate of drug-likeness (QED) is 0.670. The number of aromatic nitrogens is 1. The lowest BCUT2D eigenvalue weighted by Gasteiger charge is -2.07. The second kappa shape index (κ2) is 3.19. The molecule has 1 aromatic heterocycles. The van der Waals surface area contributed by atoms with Gasteiger partial charge in [-0.3, -0.25) is 0 Å². The molecule has 70 valence electrons. The van der Waals surface area contributed by atoms with E-state index in [1.807, 2.05) is 32.3 Å². The maximum atomic E-state index is 8.92. The van der Waals surface area contributed by atoms with E-state index in [1.54, 1.807) is 0 Å². The number of para-hydroxylation sites is 1. The third kappa shape index (κ3) is 1.18. The first-order chi connectivity index (χ1) is 6.74.